The van der Waals surface area contributed by atoms with E-state index in [-0.39, 0.29) is 12.2 Å². The summed E-state index contributed by atoms with van der Waals surface area (Å²) in [6, 6.07) is 11.5. The molecule has 0 unspecified atom stereocenters. The van der Waals surface area contributed by atoms with Crippen molar-refractivity contribution in [3.05, 3.63) is 85.6 Å². The molecule has 0 radical (unpaired) electrons. The van der Waals surface area contributed by atoms with E-state index in [0.29, 0.717) is 16.9 Å². The Balaban J connectivity index is 1.98. The van der Waals surface area contributed by atoms with Gasteiger partial charge in [0.2, 0.25) is 5.88 Å². The van der Waals surface area contributed by atoms with Crippen LogP contribution in [-0.4, -0.2) is 33.4 Å². The van der Waals surface area contributed by atoms with E-state index >= 15 is 0 Å². The number of aromatic amines is 1. The summed E-state index contributed by atoms with van der Waals surface area (Å²) in [4.78, 5) is 42.6. The van der Waals surface area contributed by atoms with Crippen LogP contribution in [0.3, 0.4) is 0 Å². The quantitative estimate of drug-likeness (QED) is 0.499. The fraction of sp³-hybridized carbons (Fsp3) is 0.182. The molecule has 0 atom stereocenters. The maximum atomic E-state index is 12.3. The van der Waals surface area contributed by atoms with Crippen molar-refractivity contribution < 1.29 is 14.6 Å². The van der Waals surface area contributed by atoms with Gasteiger partial charge in [-0.25, -0.2) is 14.2 Å². The predicted octanol–water partition coefficient (Wildman–Crippen LogP) is 2.78. The highest BCUT2D eigenvalue weighted by molar-refractivity contribution is 5.90. The van der Waals surface area contributed by atoms with Crippen molar-refractivity contribution in [3.8, 4) is 11.6 Å². The van der Waals surface area contributed by atoms with Crippen molar-refractivity contribution >= 4 is 17.9 Å². The highest BCUT2D eigenvalue weighted by Crippen LogP contribution is 2.19. The second-order valence-corrected chi connectivity index (χ2v) is 6.63. The van der Waals surface area contributed by atoms with E-state index in [4.69, 9.17) is 4.74 Å². The monoisotopic (exact) mass is 407 g/mol. The minimum absolute atomic E-state index is 0.165. The van der Waals surface area contributed by atoms with Crippen LogP contribution in [0.5, 0.6) is 5.88 Å². The molecule has 3 rings (SSSR count). The topological polar surface area (TPSA) is 114 Å². The van der Waals surface area contributed by atoms with Gasteiger partial charge >= 0.3 is 11.7 Å². The van der Waals surface area contributed by atoms with Gasteiger partial charge in [0.15, 0.2) is 0 Å². The maximum Gasteiger partial charge on any atom is 0.338 e. The molecule has 2 N–H and O–H groups in total. The molecule has 0 aliphatic rings. The number of ether oxygens (including phenoxy) is 1. The number of rotatable bonds is 5. The number of hydrogen-bond acceptors (Lipinski definition) is 6. The van der Waals surface area contributed by atoms with Gasteiger partial charge in [0.05, 0.1) is 23.5 Å². The Labute approximate surface area is 172 Å². The average molecular weight is 407 g/mol. The first-order chi connectivity index (χ1) is 14.3. The third kappa shape index (κ3) is 4.22. The molecule has 3 aromatic rings. The molecular formula is C22H21N3O5. The summed E-state index contributed by atoms with van der Waals surface area (Å²) in [6.07, 6.45) is 1.17. The van der Waals surface area contributed by atoms with Crippen molar-refractivity contribution in [1.29, 1.82) is 0 Å². The standard InChI is InChI=1S/C22H21N3O5/c1-4-30-21(28)15-6-8-16(9-7-15)23-12-18-19(26)24-22(29)25(20(18)27)17-10-5-13(2)14(3)11-17/h5-12,27H,4H2,1-3H3,(H,24,26,29). The molecule has 8 heteroatoms. The van der Waals surface area contributed by atoms with Crippen LogP contribution in [-0.2, 0) is 4.74 Å². The van der Waals surface area contributed by atoms with E-state index in [1.54, 1.807) is 43.3 Å². The zero-order valence-electron chi connectivity index (χ0n) is 16.8. The zero-order chi connectivity index (χ0) is 21.8. The highest BCUT2D eigenvalue weighted by Gasteiger charge is 2.14. The van der Waals surface area contributed by atoms with E-state index in [9.17, 15) is 19.5 Å². The minimum atomic E-state index is -0.760. The molecule has 1 aromatic heterocycles. The fourth-order valence-electron chi connectivity index (χ4n) is 2.80. The number of benzene rings is 2. The van der Waals surface area contributed by atoms with Crippen molar-refractivity contribution in [3.63, 3.8) is 0 Å². The number of nitrogens with one attached hydrogen (secondary N) is 1. The number of H-pyrrole nitrogens is 1. The summed E-state index contributed by atoms with van der Waals surface area (Å²) in [6.45, 7) is 5.81. The number of hydrogen-bond donors (Lipinski definition) is 2. The summed E-state index contributed by atoms with van der Waals surface area (Å²) in [7, 11) is 0. The first-order valence-electron chi connectivity index (χ1n) is 9.29. The summed E-state index contributed by atoms with van der Waals surface area (Å²) < 4.78 is 5.94. The van der Waals surface area contributed by atoms with Crippen LogP contribution in [0.1, 0.15) is 34.0 Å². The number of nitrogens with zero attached hydrogens (tertiary/aromatic N) is 2. The lowest BCUT2D eigenvalue weighted by atomic mass is 10.1. The Bertz CT molecular complexity index is 1240. The van der Waals surface area contributed by atoms with Crippen molar-refractivity contribution in [1.82, 2.24) is 9.55 Å². The summed E-state index contributed by atoms with van der Waals surface area (Å²) in [5.74, 6) is -0.957. The molecule has 0 bridgehead atoms. The van der Waals surface area contributed by atoms with Gasteiger partial charge in [0, 0.05) is 6.21 Å². The predicted molar refractivity (Wildman–Crippen MR) is 113 cm³/mol. The lowest BCUT2D eigenvalue weighted by Gasteiger charge is -2.11. The lowest BCUT2D eigenvalue weighted by Crippen LogP contribution is -2.31. The van der Waals surface area contributed by atoms with E-state index in [2.05, 4.69) is 9.98 Å². The van der Waals surface area contributed by atoms with Crippen molar-refractivity contribution in [2.75, 3.05) is 6.61 Å². The molecule has 0 aliphatic carbocycles. The van der Waals surface area contributed by atoms with Gasteiger partial charge in [-0.3, -0.25) is 14.8 Å². The largest absolute Gasteiger partial charge is 0.493 e. The molecule has 30 heavy (non-hydrogen) atoms. The van der Waals surface area contributed by atoms with Crippen molar-refractivity contribution in [2.45, 2.75) is 20.8 Å². The first kappa shape index (κ1) is 20.8. The van der Waals surface area contributed by atoms with Crippen LogP contribution >= 0.6 is 0 Å². The summed E-state index contributed by atoms with van der Waals surface area (Å²) in [5.41, 5.74) is 1.53. The Morgan fingerprint density at radius 1 is 1.13 bits per heavy atom. The van der Waals surface area contributed by atoms with Crippen LogP contribution in [0.2, 0.25) is 0 Å². The van der Waals surface area contributed by atoms with Gasteiger partial charge in [0.25, 0.3) is 5.56 Å². The molecule has 8 nitrogen and oxygen atoms in total. The highest BCUT2D eigenvalue weighted by atomic mass is 16.5. The SMILES string of the molecule is CCOC(=O)c1ccc(N=Cc2c(O)n(-c3ccc(C)c(C)c3)c(=O)[nH]c2=O)cc1. The number of aliphatic imine (C=N–C) groups is 1. The van der Waals surface area contributed by atoms with Crippen LogP contribution in [0.25, 0.3) is 5.69 Å². The molecular weight excluding hydrogens is 386 g/mol. The summed E-state index contributed by atoms with van der Waals surface area (Å²) >= 11 is 0. The van der Waals surface area contributed by atoms with Gasteiger partial charge < -0.3 is 9.84 Å². The van der Waals surface area contributed by atoms with Gasteiger partial charge in [-0.15, -0.1) is 0 Å². The molecule has 0 aliphatic heterocycles. The van der Waals surface area contributed by atoms with Crippen molar-refractivity contribution in [2.24, 2.45) is 4.99 Å². The molecule has 0 amide bonds. The maximum absolute atomic E-state index is 12.3. The number of aromatic hydroxyl groups is 1. The third-order valence-corrected chi connectivity index (χ3v) is 4.59. The third-order valence-electron chi connectivity index (χ3n) is 4.59. The Morgan fingerprint density at radius 3 is 2.47 bits per heavy atom. The van der Waals surface area contributed by atoms with Gasteiger partial charge in [-0.2, -0.15) is 0 Å². The molecule has 154 valence electrons. The second kappa shape index (κ2) is 8.60. The molecule has 2 aromatic carbocycles. The Morgan fingerprint density at radius 2 is 1.83 bits per heavy atom. The average Bonchev–Trinajstić information content (AvgIpc) is 2.71. The van der Waals surface area contributed by atoms with Gasteiger partial charge in [-0.05, 0) is 68.3 Å². The van der Waals surface area contributed by atoms with Crippen LogP contribution in [0.15, 0.2) is 57.0 Å². The van der Waals surface area contributed by atoms with E-state index < -0.39 is 23.1 Å². The van der Waals surface area contributed by atoms with E-state index in [1.165, 1.54) is 6.21 Å². The lowest BCUT2D eigenvalue weighted by molar-refractivity contribution is 0.0526. The van der Waals surface area contributed by atoms with Gasteiger partial charge in [-0.1, -0.05) is 6.07 Å². The number of carbonyl (C=O) groups is 1. The fourth-order valence-corrected chi connectivity index (χ4v) is 2.80. The molecule has 0 saturated carbocycles. The first-order valence-corrected chi connectivity index (χ1v) is 9.29. The molecule has 0 fully saturated rings. The minimum Gasteiger partial charge on any atom is -0.493 e. The van der Waals surface area contributed by atoms with Gasteiger partial charge in [0.1, 0.15) is 5.56 Å². The number of esters is 1. The Hall–Kier alpha value is -3.94. The van der Waals surface area contributed by atoms with Crippen LogP contribution < -0.4 is 11.2 Å². The number of aryl methyl sites for hydroxylation is 2. The smallest absolute Gasteiger partial charge is 0.338 e. The van der Waals surface area contributed by atoms with Crippen LogP contribution in [0, 0.1) is 13.8 Å². The number of aromatic nitrogens is 2. The van der Waals surface area contributed by atoms with Crippen LogP contribution in [0.4, 0.5) is 5.69 Å². The molecule has 0 saturated heterocycles. The normalized spacial score (nSPS) is 11.0. The molecule has 0 spiro atoms. The second-order valence-electron chi connectivity index (χ2n) is 6.63. The number of carbonyl (C=O) groups excluding carboxylic acids is 1. The summed E-state index contributed by atoms with van der Waals surface area (Å²) in [5, 5.41) is 10.6. The zero-order valence-corrected chi connectivity index (χ0v) is 16.8. The Kier molecular flexibility index (Phi) is 5.96. The van der Waals surface area contributed by atoms with E-state index in [1.807, 2.05) is 19.9 Å². The molecule has 1 heterocycles. The van der Waals surface area contributed by atoms with E-state index in [0.717, 1.165) is 15.7 Å².